The number of esters is 2. The summed E-state index contributed by atoms with van der Waals surface area (Å²) < 4.78 is 62.5. The average molecular weight is 723 g/mol. The first-order chi connectivity index (χ1) is 25.2. The van der Waals surface area contributed by atoms with Crippen LogP contribution in [0.5, 0.6) is 0 Å². The number of methoxy groups -OCH3 is 1. The minimum absolute atomic E-state index is 0.179. The highest BCUT2D eigenvalue weighted by Gasteiger charge is 2.54. The third-order valence-electron chi connectivity index (χ3n) is 8.62. The largest absolute Gasteiger partial charge is 0.452 e. The van der Waals surface area contributed by atoms with Gasteiger partial charge in [-0.3, -0.25) is 4.18 Å². The molecule has 5 aromatic rings. The van der Waals surface area contributed by atoms with E-state index in [0.717, 1.165) is 22.9 Å². The van der Waals surface area contributed by atoms with Crippen LogP contribution in [0.1, 0.15) is 37.4 Å². The van der Waals surface area contributed by atoms with E-state index in [0.29, 0.717) is 0 Å². The van der Waals surface area contributed by atoms with E-state index in [1.165, 1.54) is 7.11 Å². The standard InChI is InChI=1S/C41H38O10S/c1-46-40-37(50-39(43)30-20-10-4-11-21-30)36(49-38(42)29-18-8-3-9-19-29)35(51-52(2,44)45)34(48-40)28-47-41(31-22-12-5-13-23-31,32-24-14-6-15-25-32)33-26-16-7-17-27-33/h3-27,34-37,40H,28H2,1-2H3/t34-,35+,36+,37-,40+/m1/s1. The Labute approximate surface area is 303 Å². The molecule has 268 valence electrons. The summed E-state index contributed by atoms with van der Waals surface area (Å²) in [5.74, 6) is -1.59. The lowest BCUT2D eigenvalue weighted by Gasteiger charge is -2.45. The van der Waals surface area contributed by atoms with Gasteiger partial charge in [0.15, 0.2) is 18.5 Å². The molecule has 1 aliphatic heterocycles. The number of hydrogen-bond acceptors (Lipinski definition) is 10. The second-order valence-corrected chi connectivity index (χ2v) is 13.7. The molecule has 11 heteroatoms. The molecule has 0 bridgehead atoms. The molecule has 0 aliphatic carbocycles. The lowest BCUT2D eigenvalue weighted by atomic mass is 9.80. The number of rotatable bonds is 13. The lowest BCUT2D eigenvalue weighted by Crippen LogP contribution is -2.63. The maximum Gasteiger partial charge on any atom is 0.338 e. The molecule has 5 atom stereocenters. The monoisotopic (exact) mass is 722 g/mol. The topological polar surface area (TPSA) is 124 Å². The number of ether oxygens (including phenoxy) is 5. The Morgan fingerprint density at radius 1 is 0.596 bits per heavy atom. The molecule has 0 unspecified atom stereocenters. The van der Waals surface area contributed by atoms with Crippen LogP contribution in [0, 0.1) is 0 Å². The smallest absolute Gasteiger partial charge is 0.338 e. The van der Waals surface area contributed by atoms with Gasteiger partial charge in [-0.25, -0.2) is 9.59 Å². The Hall–Kier alpha value is -5.17. The van der Waals surface area contributed by atoms with E-state index in [2.05, 4.69) is 0 Å². The van der Waals surface area contributed by atoms with Crippen molar-refractivity contribution in [2.24, 2.45) is 0 Å². The van der Waals surface area contributed by atoms with E-state index in [-0.39, 0.29) is 17.7 Å². The summed E-state index contributed by atoms with van der Waals surface area (Å²) in [4.78, 5) is 27.0. The van der Waals surface area contributed by atoms with Crippen LogP contribution in [0.4, 0.5) is 0 Å². The first-order valence-electron chi connectivity index (χ1n) is 16.6. The van der Waals surface area contributed by atoms with Crippen LogP contribution in [-0.2, 0) is 43.6 Å². The molecule has 0 aromatic heterocycles. The number of carbonyl (C=O) groups excluding carboxylic acids is 2. The molecule has 0 amide bonds. The fraction of sp³-hybridized carbons (Fsp3) is 0.220. The van der Waals surface area contributed by atoms with Gasteiger partial charge in [-0.2, -0.15) is 8.42 Å². The molecule has 5 aromatic carbocycles. The Bertz CT molecular complexity index is 1910. The fourth-order valence-corrected chi connectivity index (χ4v) is 6.92. The van der Waals surface area contributed by atoms with Gasteiger partial charge >= 0.3 is 11.9 Å². The highest BCUT2D eigenvalue weighted by molar-refractivity contribution is 7.86. The van der Waals surface area contributed by atoms with Crippen LogP contribution in [0.25, 0.3) is 0 Å². The van der Waals surface area contributed by atoms with E-state index >= 15 is 0 Å². The number of carbonyl (C=O) groups is 2. The van der Waals surface area contributed by atoms with Gasteiger partial charge in [0.1, 0.15) is 17.8 Å². The highest BCUT2D eigenvalue weighted by Crippen LogP contribution is 2.42. The minimum atomic E-state index is -4.24. The van der Waals surface area contributed by atoms with Gasteiger partial charge in [0.25, 0.3) is 10.1 Å². The van der Waals surface area contributed by atoms with E-state index in [1.54, 1.807) is 60.7 Å². The quantitative estimate of drug-likeness (QED) is 0.0793. The summed E-state index contributed by atoms with van der Waals surface area (Å²) in [7, 11) is -2.90. The van der Waals surface area contributed by atoms with E-state index in [1.807, 2.05) is 91.0 Å². The molecular weight excluding hydrogens is 685 g/mol. The van der Waals surface area contributed by atoms with Crippen molar-refractivity contribution in [2.75, 3.05) is 20.0 Å². The minimum Gasteiger partial charge on any atom is -0.452 e. The van der Waals surface area contributed by atoms with Crippen molar-refractivity contribution < 1.29 is 45.9 Å². The van der Waals surface area contributed by atoms with Crippen LogP contribution in [0.2, 0.25) is 0 Å². The van der Waals surface area contributed by atoms with Gasteiger partial charge < -0.3 is 23.7 Å². The summed E-state index contributed by atoms with van der Waals surface area (Å²) in [6.07, 6.45) is -6.26. The van der Waals surface area contributed by atoms with Gasteiger partial charge in [-0.1, -0.05) is 127 Å². The van der Waals surface area contributed by atoms with Crippen molar-refractivity contribution in [3.8, 4) is 0 Å². The van der Waals surface area contributed by atoms with Crippen molar-refractivity contribution in [3.05, 3.63) is 179 Å². The first kappa shape index (κ1) is 36.6. The molecule has 0 spiro atoms. The maximum absolute atomic E-state index is 13.6. The third-order valence-corrected chi connectivity index (χ3v) is 9.19. The van der Waals surface area contributed by atoms with E-state index in [4.69, 9.17) is 27.9 Å². The normalized spacial score (nSPS) is 20.5. The highest BCUT2D eigenvalue weighted by atomic mass is 32.2. The van der Waals surface area contributed by atoms with Crippen LogP contribution in [0.15, 0.2) is 152 Å². The summed E-state index contributed by atoms with van der Waals surface area (Å²) >= 11 is 0. The Kier molecular flexibility index (Phi) is 11.6. The SMILES string of the molecule is CO[C@H]1O[C@H](COC(c2ccccc2)(c2ccccc2)c2ccccc2)[C@H](OS(C)(=O)=O)[C@H](OC(=O)c2ccccc2)[C@H]1OC(=O)c1ccccc1. The predicted octanol–water partition coefficient (Wildman–Crippen LogP) is 6.16. The Balaban J connectivity index is 1.44. The van der Waals surface area contributed by atoms with Crippen LogP contribution >= 0.6 is 0 Å². The van der Waals surface area contributed by atoms with Gasteiger partial charge in [-0.05, 0) is 41.0 Å². The van der Waals surface area contributed by atoms with Crippen LogP contribution in [-0.4, -0.2) is 71.0 Å². The molecule has 1 fully saturated rings. The van der Waals surface area contributed by atoms with Gasteiger partial charge in [-0.15, -0.1) is 0 Å². The summed E-state index contributed by atoms with van der Waals surface area (Å²) in [5.41, 5.74) is 1.52. The molecule has 6 rings (SSSR count). The van der Waals surface area contributed by atoms with Crippen molar-refractivity contribution >= 4 is 22.1 Å². The zero-order valence-electron chi connectivity index (χ0n) is 28.5. The predicted molar refractivity (Wildman–Crippen MR) is 192 cm³/mol. The van der Waals surface area contributed by atoms with Crippen molar-refractivity contribution in [1.82, 2.24) is 0 Å². The molecular formula is C41H38O10S. The van der Waals surface area contributed by atoms with Crippen molar-refractivity contribution in [1.29, 1.82) is 0 Å². The van der Waals surface area contributed by atoms with Crippen LogP contribution in [0.3, 0.4) is 0 Å². The zero-order chi connectivity index (χ0) is 36.6. The molecule has 0 saturated carbocycles. The summed E-state index contributed by atoms with van der Waals surface area (Å²) in [6.45, 7) is -0.294. The average Bonchev–Trinajstić information content (AvgIpc) is 3.18. The molecule has 0 N–H and O–H groups in total. The van der Waals surface area contributed by atoms with Gasteiger partial charge in [0, 0.05) is 7.11 Å². The Morgan fingerprint density at radius 3 is 1.37 bits per heavy atom. The molecule has 10 nitrogen and oxygen atoms in total. The van der Waals surface area contributed by atoms with Crippen LogP contribution < -0.4 is 0 Å². The lowest BCUT2D eigenvalue weighted by molar-refractivity contribution is -0.292. The number of benzene rings is 5. The third kappa shape index (κ3) is 8.31. The molecule has 1 saturated heterocycles. The van der Waals surface area contributed by atoms with E-state index in [9.17, 15) is 18.0 Å². The molecule has 0 radical (unpaired) electrons. The summed E-state index contributed by atoms with van der Waals surface area (Å²) in [6, 6.07) is 45.0. The molecule has 52 heavy (non-hydrogen) atoms. The molecule has 1 aliphatic rings. The first-order valence-corrected chi connectivity index (χ1v) is 18.4. The summed E-state index contributed by atoms with van der Waals surface area (Å²) in [5, 5.41) is 0. The Morgan fingerprint density at radius 2 is 0.981 bits per heavy atom. The number of hydrogen-bond donors (Lipinski definition) is 0. The zero-order valence-corrected chi connectivity index (χ0v) is 29.3. The molecule has 1 heterocycles. The maximum atomic E-state index is 13.6. The fourth-order valence-electron chi connectivity index (χ4n) is 6.29. The van der Waals surface area contributed by atoms with E-state index < -0.39 is 58.4 Å². The second-order valence-electron chi connectivity index (χ2n) is 12.1. The second kappa shape index (κ2) is 16.4. The van der Waals surface area contributed by atoms with Gasteiger partial charge in [0.05, 0.1) is 24.0 Å². The van der Waals surface area contributed by atoms with Gasteiger partial charge in [0.2, 0.25) is 0 Å². The van der Waals surface area contributed by atoms with Crippen molar-refractivity contribution in [2.45, 2.75) is 36.3 Å². The van der Waals surface area contributed by atoms with Crippen molar-refractivity contribution in [3.63, 3.8) is 0 Å².